The number of para-hydroxylation sites is 2. The van der Waals surface area contributed by atoms with Crippen LogP contribution in [0.5, 0.6) is 0 Å². The van der Waals surface area contributed by atoms with E-state index in [0.29, 0.717) is 11.6 Å². The molecule has 0 N–H and O–H groups in total. The molecule has 9 heteroatoms. The molecule has 1 aliphatic rings. The fraction of sp³-hybridized carbons (Fsp3) is 0.231. The van der Waals surface area contributed by atoms with E-state index >= 15 is 0 Å². The van der Waals surface area contributed by atoms with E-state index < -0.39 is 26.6 Å². The van der Waals surface area contributed by atoms with Gasteiger partial charge in [0.15, 0.2) is 0 Å². The maximum Gasteiger partial charge on any atom is 3.00 e. The van der Waals surface area contributed by atoms with Crippen LogP contribution in [0, 0.1) is 31.7 Å². The second-order valence-electron chi connectivity index (χ2n) is 17.0. The molecule has 0 saturated heterocycles. The van der Waals surface area contributed by atoms with Crippen LogP contribution in [0.3, 0.4) is 0 Å². The van der Waals surface area contributed by atoms with E-state index in [0.717, 1.165) is 38.6 Å². The van der Waals surface area contributed by atoms with Crippen LogP contribution >= 0.6 is 22.7 Å². The first-order chi connectivity index (χ1) is 30.3. The number of pyridine rings is 2. The summed E-state index contributed by atoms with van der Waals surface area (Å²) in [6.07, 6.45) is 3.41. The van der Waals surface area contributed by atoms with Gasteiger partial charge >= 0.3 is 20.1 Å². The molecule has 0 fully saturated rings. The Balaban J connectivity index is 0.000000194. The SMILES string of the molecule is Cc1c(N2c3ccccc3[N-]C2c2[c-]ccc3c2sc2ncccc23)ccc2c1sc1cc(C(C)C)ccc12.[2H]C([2H])([2H])c1c[c-]c(-c2cc(C([2H])(C)C)c([Si](C)(C)C)cn2)c(F)c1.[Ir+3]. The van der Waals surface area contributed by atoms with E-state index in [2.05, 4.69) is 134 Å². The number of thiophene rings is 2. The molecule has 0 radical (unpaired) electrons. The molecule has 9 aromatic rings. The molecule has 4 nitrogen and oxygen atoms in total. The number of hydrogen-bond acceptors (Lipinski definition) is 5. The molecule has 5 aromatic carbocycles. The summed E-state index contributed by atoms with van der Waals surface area (Å²) in [6.45, 7) is 14.5. The van der Waals surface area contributed by atoms with Crippen molar-refractivity contribution in [1.82, 2.24) is 9.97 Å². The van der Waals surface area contributed by atoms with E-state index in [1.54, 1.807) is 37.4 Å². The molecule has 5 heterocycles. The van der Waals surface area contributed by atoms with Crippen LogP contribution in [-0.2, 0) is 20.1 Å². The number of aryl methyl sites for hydroxylation is 2. The zero-order valence-corrected chi connectivity index (χ0v) is 40.4. The number of anilines is 2. The van der Waals surface area contributed by atoms with E-state index in [1.807, 2.05) is 29.7 Å². The van der Waals surface area contributed by atoms with E-state index in [4.69, 9.17) is 10.8 Å². The molecule has 0 bridgehead atoms. The number of fused-ring (bicyclic) bond motifs is 7. The Labute approximate surface area is 386 Å². The minimum atomic E-state index is -2.38. The van der Waals surface area contributed by atoms with Crippen LogP contribution in [0.4, 0.5) is 21.5 Å². The van der Waals surface area contributed by atoms with Gasteiger partial charge in [-0.3, -0.25) is 4.39 Å². The summed E-state index contributed by atoms with van der Waals surface area (Å²) in [4.78, 5) is 12.5. The quantitative estimate of drug-likeness (QED) is 0.123. The van der Waals surface area contributed by atoms with Gasteiger partial charge in [0.25, 0.3) is 0 Å². The number of aromatic nitrogens is 2. The maximum atomic E-state index is 14.5. The first-order valence-electron chi connectivity index (χ1n) is 22.3. The van der Waals surface area contributed by atoms with Crippen LogP contribution in [0.1, 0.15) is 79.0 Å². The van der Waals surface area contributed by atoms with Gasteiger partial charge in [0, 0.05) is 55.2 Å². The number of hydrogen-bond donors (Lipinski definition) is 0. The average molecular weight is 1040 g/mol. The summed E-state index contributed by atoms with van der Waals surface area (Å²) in [5, 5.41) is 11.4. The van der Waals surface area contributed by atoms with Crippen LogP contribution < -0.4 is 10.1 Å². The van der Waals surface area contributed by atoms with Crippen LogP contribution in [0.25, 0.3) is 57.0 Å². The third kappa shape index (κ3) is 7.85. The molecule has 1 unspecified atom stereocenters. The third-order valence-corrected chi connectivity index (χ3v) is 15.8. The fourth-order valence-corrected chi connectivity index (χ4v) is 12.2. The fourth-order valence-electron chi connectivity index (χ4n) is 8.21. The van der Waals surface area contributed by atoms with Crippen molar-refractivity contribution in [3.8, 4) is 11.3 Å². The summed E-state index contributed by atoms with van der Waals surface area (Å²) in [6, 6.07) is 38.8. The molecule has 0 spiro atoms. The topological polar surface area (TPSA) is 43.1 Å². The van der Waals surface area contributed by atoms with Crippen molar-refractivity contribution >= 4 is 93.5 Å². The van der Waals surface area contributed by atoms with Gasteiger partial charge in [-0.05, 0) is 76.6 Å². The van der Waals surface area contributed by atoms with Crippen molar-refractivity contribution in [3.05, 3.63) is 161 Å². The van der Waals surface area contributed by atoms with Crippen LogP contribution in [-0.4, -0.2) is 18.0 Å². The normalized spacial score (nSPS) is 15.2. The zero-order chi connectivity index (χ0) is 45.5. The molecule has 1 aliphatic heterocycles. The largest absolute Gasteiger partial charge is 3.00 e. The van der Waals surface area contributed by atoms with Gasteiger partial charge < -0.3 is 15.2 Å². The molecule has 308 valence electrons. The average Bonchev–Trinajstić information content (AvgIpc) is 3.94. The van der Waals surface area contributed by atoms with E-state index in [-0.39, 0.29) is 37.4 Å². The van der Waals surface area contributed by atoms with Crippen molar-refractivity contribution in [3.63, 3.8) is 0 Å². The second-order valence-corrected chi connectivity index (χ2v) is 24.1. The second kappa shape index (κ2) is 16.8. The van der Waals surface area contributed by atoms with Gasteiger partial charge in [-0.1, -0.05) is 119 Å². The van der Waals surface area contributed by atoms with Gasteiger partial charge in [0.1, 0.15) is 4.83 Å². The number of halogens is 1. The van der Waals surface area contributed by atoms with Crippen molar-refractivity contribution in [2.45, 2.75) is 79.1 Å². The Bertz CT molecular complexity index is 3260. The minimum absolute atomic E-state index is 0. The number of nitrogens with zero attached hydrogens (tertiary/aromatic N) is 4. The van der Waals surface area contributed by atoms with Crippen LogP contribution in [0.2, 0.25) is 19.6 Å². The summed E-state index contributed by atoms with van der Waals surface area (Å²) in [5.74, 6) is -0.999. The standard InChI is InChI=1S/C34H25N3S2.C18H23FNSi.Ir/c1-19(2)21-13-14-22-24-15-16-28(20(3)31(24)38-30(22)18-21)37-29-12-5-4-11-27(29)36-33(37)26-9-6-8-23-25-10-7-17-35-34(25)39-32(23)26;1-12(2)15-10-17(20-11-18(15)21(4,5)6)14-8-7-13(3)9-16(14)19;/h4-8,10-19,33H,1-3H3;7,9-12H,1-6H3;/q-2;-1;+3/i;3D3,12D;. The molecule has 4 aromatic heterocycles. The van der Waals surface area contributed by atoms with Crippen molar-refractivity contribution in [2.24, 2.45) is 0 Å². The third-order valence-electron chi connectivity index (χ3n) is 11.4. The smallest absolute Gasteiger partial charge is 0.661 e. The molecule has 0 saturated carbocycles. The van der Waals surface area contributed by atoms with Gasteiger partial charge in [0.05, 0.1) is 8.07 Å². The monoisotopic (exact) mass is 1040 g/mol. The van der Waals surface area contributed by atoms with Gasteiger partial charge in [-0.25, -0.2) is 4.98 Å². The minimum Gasteiger partial charge on any atom is -0.661 e. The molecule has 0 amide bonds. The molecule has 0 aliphatic carbocycles. The molecular formula is C52H48FIrN4S2Si. The summed E-state index contributed by atoms with van der Waals surface area (Å²) >= 11 is 3.64. The zero-order valence-electron chi connectivity index (χ0n) is 39.4. The first-order valence-corrected chi connectivity index (χ1v) is 25.4. The Morgan fingerprint density at radius 3 is 2.39 bits per heavy atom. The van der Waals surface area contributed by atoms with Gasteiger partial charge in [-0.2, -0.15) is 29.5 Å². The van der Waals surface area contributed by atoms with Gasteiger partial charge in [0.2, 0.25) is 0 Å². The van der Waals surface area contributed by atoms with Crippen molar-refractivity contribution < 1.29 is 30.0 Å². The Hall–Kier alpha value is -4.76. The predicted molar refractivity (Wildman–Crippen MR) is 259 cm³/mol. The Morgan fingerprint density at radius 2 is 1.64 bits per heavy atom. The van der Waals surface area contributed by atoms with E-state index in [9.17, 15) is 4.39 Å². The first kappa shape index (κ1) is 38.0. The predicted octanol–water partition coefficient (Wildman–Crippen LogP) is 15.6. The Kier molecular flexibility index (Phi) is 10.5. The maximum absolute atomic E-state index is 14.5. The molecular weight excluding hydrogens is 984 g/mol. The molecule has 61 heavy (non-hydrogen) atoms. The number of rotatable bonds is 6. The van der Waals surface area contributed by atoms with Crippen molar-refractivity contribution in [1.29, 1.82) is 0 Å². The summed E-state index contributed by atoms with van der Waals surface area (Å²) in [5.41, 5.74) is 8.36. The van der Waals surface area contributed by atoms with Crippen molar-refractivity contribution in [2.75, 3.05) is 4.90 Å². The Morgan fingerprint density at radius 1 is 0.852 bits per heavy atom. The van der Waals surface area contributed by atoms with Crippen LogP contribution in [0.15, 0.2) is 109 Å². The molecule has 10 rings (SSSR count). The summed E-state index contributed by atoms with van der Waals surface area (Å²) in [7, 11) is -1.72. The molecule has 1 atom stereocenters. The number of benzene rings is 5. The van der Waals surface area contributed by atoms with Gasteiger partial charge in [-0.15, -0.1) is 51.7 Å². The summed E-state index contributed by atoms with van der Waals surface area (Å²) < 4.78 is 48.9. The van der Waals surface area contributed by atoms with E-state index in [1.165, 1.54) is 58.5 Å².